The van der Waals surface area contributed by atoms with Gasteiger partial charge in [0.15, 0.2) is 0 Å². The zero-order valence-electron chi connectivity index (χ0n) is 21.5. The van der Waals surface area contributed by atoms with Gasteiger partial charge in [-0.1, -0.05) is 73.4 Å². The number of aromatic hydroxyl groups is 2. The largest absolute Gasteiger partial charge is 0 e. The van der Waals surface area contributed by atoms with Gasteiger partial charge in [-0.15, -0.1) is 0 Å². The van der Waals surface area contributed by atoms with Crippen molar-refractivity contribution in [3.63, 3.8) is 0 Å². The molecule has 0 heterocycles. The summed E-state index contributed by atoms with van der Waals surface area (Å²) >= 11 is 0. The quantitative estimate of drug-likeness (QED) is 0.127. The average molecular weight is 576 g/mol. The summed E-state index contributed by atoms with van der Waals surface area (Å²) in [7, 11) is 0. The van der Waals surface area contributed by atoms with E-state index in [-0.39, 0.29) is 40.9 Å². The molecule has 4 rings (SSSR count). The minimum Gasteiger partial charge on any atom is 0 e. The first kappa shape index (κ1) is 35.6. The summed E-state index contributed by atoms with van der Waals surface area (Å²) in [6.07, 6.45) is 7.99. The molecule has 1 aliphatic rings. The van der Waals surface area contributed by atoms with E-state index in [4.69, 9.17) is 18.7 Å². The minimum atomic E-state index is -0.0608. The summed E-state index contributed by atoms with van der Waals surface area (Å²) in [6.45, 7) is 15.6. The number of ether oxygens (including phenoxy) is 1. The molecule has 1 radical (unpaired) electrons. The van der Waals surface area contributed by atoms with Gasteiger partial charge in [-0.05, 0) is 76.2 Å². The Morgan fingerprint density at radius 3 is 1.52 bits per heavy atom. The normalized spacial score (nSPS) is 11.0. The molecule has 0 saturated carbocycles. The van der Waals surface area contributed by atoms with Crippen molar-refractivity contribution in [3.8, 4) is 17.2 Å². The summed E-state index contributed by atoms with van der Waals surface area (Å²) in [5.74, 6) is 0.984. The van der Waals surface area contributed by atoms with E-state index < -0.39 is 0 Å². The van der Waals surface area contributed by atoms with E-state index in [2.05, 4.69) is 26.9 Å². The number of rotatable bonds is 7. The van der Waals surface area contributed by atoms with Crippen LogP contribution in [0.4, 0.5) is 0 Å². The van der Waals surface area contributed by atoms with Crippen molar-refractivity contribution in [2.45, 2.75) is 13.3 Å². The molecule has 0 spiro atoms. The van der Waals surface area contributed by atoms with E-state index in [1.807, 2.05) is 60.7 Å². The second-order valence-electron chi connectivity index (χ2n) is 7.71. The van der Waals surface area contributed by atoms with Gasteiger partial charge in [0.25, 0.3) is 0 Å². The van der Waals surface area contributed by atoms with Crippen LogP contribution >= 0.6 is 0 Å². The SMILES string of the molecule is CC/C(=C(\c1ccc(O)cc1)c1ccc(OCC([O-])=C2C=CC=C2)cc1)c1ccc(O)cc1.[C-]#[O+].[C-]#[O+].[C-]#[O+].[Mn]. The summed E-state index contributed by atoms with van der Waals surface area (Å²) < 4.78 is 28.2. The van der Waals surface area contributed by atoms with E-state index in [0.717, 1.165) is 34.3 Å². The smallest absolute Gasteiger partial charge is 0 e. The summed E-state index contributed by atoms with van der Waals surface area (Å²) in [5.41, 5.74) is 5.76. The molecule has 2 N–H and O–H groups in total. The first-order valence-corrected chi connectivity index (χ1v) is 11.5. The van der Waals surface area contributed by atoms with Gasteiger partial charge < -0.3 is 20.1 Å². The van der Waals surface area contributed by atoms with Crippen LogP contribution in [0.25, 0.3) is 11.1 Å². The standard InChI is InChI=1S/C29H26O4.3CO.Mn/c1-2-27(20-7-13-24(30)14-8-20)29(22-9-15-25(31)16-10-22)23-11-17-26(18-12-23)33-19-28(32)21-5-3-4-6-21;3*1-2;/h3-18,30-32H,2,19H2,1H3;;;;/p-1/b29-27-;;;;. The van der Waals surface area contributed by atoms with Gasteiger partial charge in [-0.2, -0.15) is 0 Å². The molecule has 3 aromatic rings. The van der Waals surface area contributed by atoms with Crippen LogP contribution in [0.2, 0.25) is 0 Å². The van der Waals surface area contributed by atoms with Gasteiger partial charge in [-0.25, -0.2) is 0 Å². The van der Waals surface area contributed by atoms with Crippen LogP contribution in [0, 0.1) is 20.0 Å². The second kappa shape index (κ2) is 19.6. The van der Waals surface area contributed by atoms with Crippen molar-refractivity contribution in [2.24, 2.45) is 0 Å². The molecule has 40 heavy (non-hydrogen) atoms. The Morgan fingerprint density at radius 1 is 0.700 bits per heavy atom. The molecule has 7 nitrogen and oxygen atoms in total. The fourth-order valence-electron chi connectivity index (χ4n) is 3.84. The number of allylic oxidation sites excluding steroid dienone is 6. The van der Waals surface area contributed by atoms with Crippen LogP contribution in [-0.2, 0) is 31.0 Å². The molecule has 0 unspecified atom stereocenters. The van der Waals surface area contributed by atoms with Crippen molar-refractivity contribution < 1.29 is 51.1 Å². The van der Waals surface area contributed by atoms with E-state index in [0.29, 0.717) is 11.3 Å². The van der Waals surface area contributed by atoms with Crippen molar-refractivity contribution in [1.82, 2.24) is 0 Å². The van der Waals surface area contributed by atoms with Crippen molar-refractivity contribution >= 4 is 11.1 Å². The molecule has 203 valence electrons. The van der Waals surface area contributed by atoms with Gasteiger partial charge in [0.05, 0.1) is 6.61 Å². The number of phenols is 2. The van der Waals surface area contributed by atoms with Gasteiger partial charge in [0, 0.05) is 17.1 Å². The molecule has 8 heteroatoms. The molecule has 3 aromatic carbocycles. The Morgan fingerprint density at radius 2 is 1.10 bits per heavy atom. The third-order valence-electron chi connectivity index (χ3n) is 5.52. The average Bonchev–Trinajstić information content (AvgIpc) is 3.55. The topological polar surface area (TPSA) is 132 Å². The fraction of sp³-hybridized carbons (Fsp3) is 0.0938. The maximum atomic E-state index is 12.2. The Bertz CT molecular complexity index is 1350. The van der Waals surface area contributed by atoms with Crippen LogP contribution in [-0.4, -0.2) is 16.8 Å². The predicted octanol–water partition coefficient (Wildman–Crippen LogP) is 5.47. The number of benzene rings is 3. The maximum absolute atomic E-state index is 12.2. The van der Waals surface area contributed by atoms with Gasteiger partial charge >= 0.3 is 33.9 Å². The molecule has 0 aliphatic heterocycles. The number of hydrogen-bond acceptors (Lipinski definition) is 4. The Labute approximate surface area is 244 Å². The monoisotopic (exact) mass is 576 g/mol. The van der Waals surface area contributed by atoms with Crippen LogP contribution in [0.5, 0.6) is 17.2 Å². The van der Waals surface area contributed by atoms with E-state index in [9.17, 15) is 15.3 Å². The summed E-state index contributed by atoms with van der Waals surface area (Å²) in [5, 5.41) is 31.7. The molecule has 0 fully saturated rings. The van der Waals surface area contributed by atoms with Crippen LogP contribution in [0.15, 0.2) is 108 Å². The molecule has 0 amide bonds. The molecule has 0 bridgehead atoms. The fourth-order valence-corrected chi connectivity index (χ4v) is 3.84. The Hall–Kier alpha value is -4.44. The van der Waals surface area contributed by atoms with E-state index in [1.54, 1.807) is 36.4 Å². The zero-order valence-corrected chi connectivity index (χ0v) is 22.6. The first-order chi connectivity index (χ1) is 19.0. The van der Waals surface area contributed by atoms with Crippen molar-refractivity contribution in [3.05, 3.63) is 145 Å². The Balaban J connectivity index is 0.00000204. The van der Waals surface area contributed by atoms with Crippen molar-refractivity contribution in [1.29, 1.82) is 0 Å². The minimum absolute atomic E-state index is 0. The van der Waals surface area contributed by atoms with Crippen LogP contribution in [0.1, 0.15) is 30.0 Å². The summed E-state index contributed by atoms with van der Waals surface area (Å²) in [4.78, 5) is 0. The van der Waals surface area contributed by atoms with E-state index in [1.165, 1.54) is 0 Å². The second-order valence-corrected chi connectivity index (χ2v) is 7.71. The third-order valence-corrected chi connectivity index (χ3v) is 5.52. The molecule has 0 atom stereocenters. The molecule has 1 aliphatic carbocycles. The predicted molar refractivity (Wildman–Crippen MR) is 141 cm³/mol. The molecule has 0 saturated heterocycles. The van der Waals surface area contributed by atoms with Gasteiger partial charge in [-0.3, -0.25) is 0 Å². The van der Waals surface area contributed by atoms with Gasteiger partial charge in [0.2, 0.25) is 0 Å². The van der Waals surface area contributed by atoms with E-state index >= 15 is 0 Å². The molecular weight excluding hydrogens is 551 g/mol. The number of phenolic OH excluding ortho intramolecular Hbond substituents is 2. The molecule has 0 aromatic heterocycles. The maximum Gasteiger partial charge on any atom is 0 e. The van der Waals surface area contributed by atoms with Crippen molar-refractivity contribution in [2.75, 3.05) is 6.61 Å². The third kappa shape index (κ3) is 10.0. The molecular formula is C32H25MnO7-. The van der Waals surface area contributed by atoms with Crippen LogP contribution in [0.3, 0.4) is 0 Å². The Kier molecular flexibility index (Phi) is 17.4. The first-order valence-electron chi connectivity index (χ1n) is 11.5. The van der Waals surface area contributed by atoms with Crippen LogP contribution < -0.4 is 9.84 Å². The summed E-state index contributed by atoms with van der Waals surface area (Å²) in [6, 6.07) is 22.0. The number of hydrogen-bond donors (Lipinski definition) is 2. The zero-order chi connectivity index (χ0) is 29.2. The van der Waals surface area contributed by atoms with Gasteiger partial charge in [0.1, 0.15) is 17.2 Å².